The van der Waals surface area contributed by atoms with Crippen molar-refractivity contribution in [1.82, 2.24) is 0 Å². The van der Waals surface area contributed by atoms with Gasteiger partial charge in [-0.2, -0.15) is 0 Å². The van der Waals surface area contributed by atoms with Crippen molar-refractivity contribution < 1.29 is 9.84 Å². The molecule has 3 N–H and O–H groups in total. The molecular weight excluding hydrogens is 334 g/mol. The van der Waals surface area contributed by atoms with Crippen LogP contribution in [-0.4, -0.2) is 23.9 Å². The summed E-state index contributed by atoms with van der Waals surface area (Å²) in [6.07, 6.45) is 6.37. The molecule has 0 heterocycles. The fraction of sp³-hybridized carbons (Fsp3) is 0.500. The van der Waals surface area contributed by atoms with E-state index in [1.165, 1.54) is 28.7 Å². The fourth-order valence-corrected chi connectivity index (χ4v) is 4.75. The third-order valence-corrected chi connectivity index (χ3v) is 6.46. The van der Waals surface area contributed by atoms with E-state index in [1.54, 1.807) is 0 Å². The van der Waals surface area contributed by atoms with Crippen LogP contribution in [0.25, 0.3) is 0 Å². The van der Waals surface area contributed by atoms with E-state index in [0.29, 0.717) is 18.4 Å². The number of fused-ring (bicyclic) bond motifs is 1. The minimum atomic E-state index is -0.373. The second-order valence-electron chi connectivity index (χ2n) is 8.60. The van der Waals surface area contributed by atoms with Gasteiger partial charge < -0.3 is 15.6 Å². The molecule has 4 rings (SSSR count). The van der Waals surface area contributed by atoms with Crippen molar-refractivity contribution >= 4 is 0 Å². The summed E-state index contributed by atoms with van der Waals surface area (Å²) in [6.45, 7) is 1.64. The van der Waals surface area contributed by atoms with Gasteiger partial charge in [-0.3, -0.25) is 0 Å². The van der Waals surface area contributed by atoms with Gasteiger partial charge in [0.2, 0.25) is 0 Å². The molecule has 3 atom stereocenters. The van der Waals surface area contributed by atoms with Crippen molar-refractivity contribution in [2.45, 2.75) is 56.6 Å². The van der Waals surface area contributed by atoms with Crippen LogP contribution in [-0.2, 0) is 24.2 Å². The van der Waals surface area contributed by atoms with Crippen molar-refractivity contribution in [2.24, 2.45) is 11.7 Å². The normalized spacial score (nSPS) is 27.5. The lowest BCUT2D eigenvalue weighted by atomic mass is 9.82. The van der Waals surface area contributed by atoms with Gasteiger partial charge in [0, 0.05) is 5.54 Å². The molecule has 1 saturated carbocycles. The molecule has 144 valence electrons. The van der Waals surface area contributed by atoms with Crippen LogP contribution in [0.4, 0.5) is 0 Å². The van der Waals surface area contributed by atoms with Crippen LogP contribution in [0.5, 0.6) is 0 Å². The van der Waals surface area contributed by atoms with Crippen molar-refractivity contribution in [2.75, 3.05) is 13.2 Å². The van der Waals surface area contributed by atoms with Gasteiger partial charge in [-0.1, -0.05) is 48.5 Å². The summed E-state index contributed by atoms with van der Waals surface area (Å²) in [7, 11) is 0. The number of hydrogen-bond acceptors (Lipinski definition) is 3. The average Bonchev–Trinajstić information content (AvgIpc) is 3.11. The first-order chi connectivity index (χ1) is 13.1. The van der Waals surface area contributed by atoms with E-state index < -0.39 is 0 Å². The Morgan fingerprint density at radius 1 is 1.07 bits per heavy atom. The van der Waals surface area contributed by atoms with Crippen LogP contribution in [0.2, 0.25) is 0 Å². The quantitative estimate of drug-likeness (QED) is 0.814. The molecule has 0 bridgehead atoms. The molecule has 27 heavy (non-hydrogen) atoms. The van der Waals surface area contributed by atoms with E-state index in [2.05, 4.69) is 42.5 Å². The first-order valence-electron chi connectivity index (χ1n) is 10.3. The number of hydrogen-bond donors (Lipinski definition) is 2. The van der Waals surface area contributed by atoms with E-state index >= 15 is 0 Å². The van der Waals surface area contributed by atoms with Gasteiger partial charge in [0.1, 0.15) is 0 Å². The van der Waals surface area contributed by atoms with Crippen molar-refractivity contribution in [3.05, 3.63) is 70.8 Å². The summed E-state index contributed by atoms with van der Waals surface area (Å²) in [4.78, 5) is 0. The number of aliphatic hydroxyl groups excluding tert-OH is 1. The van der Waals surface area contributed by atoms with Crippen LogP contribution in [0.1, 0.15) is 53.9 Å². The van der Waals surface area contributed by atoms with E-state index in [1.807, 2.05) is 6.07 Å². The largest absolute Gasteiger partial charge is 0.394 e. The van der Waals surface area contributed by atoms with Crippen molar-refractivity contribution in [1.29, 1.82) is 0 Å². The number of benzene rings is 2. The summed E-state index contributed by atoms with van der Waals surface area (Å²) in [6, 6.07) is 17.4. The highest BCUT2D eigenvalue weighted by atomic mass is 16.5. The maximum Gasteiger partial charge on any atom is 0.0717 e. The number of rotatable bonds is 6. The molecule has 0 aliphatic heterocycles. The minimum Gasteiger partial charge on any atom is -0.394 e. The molecule has 2 aromatic carbocycles. The van der Waals surface area contributed by atoms with Crippen molar-refractivity contribution in [3.63, 3.8) is 0 Å². The summed E-state index contributed by atoms with van der Waals surface area (Å²) in [5.74, 6) is 1.11. The molecule has 1 fully saturated rings. The number of ether oxygens (including phenoxy) is 1. The molecule has 2 aliphatic rings. The first-order valence-corrected chi connectivity index (χ1v) is 10.3. The molecule has 2 aliphatic carbocycles. The predicted octanol–water partition coefficient (Wildman–Crippen LogP) is 3.97. The summed E-state index contributed by atoms with van der Waals surface area (Å²) in [5, 5.41) is 9.52. The smallest absolute Gasteiger partial charge is 0.0717 e. The van der Waals surface area contributed by atoms with Gasteiger partial charge in [0.05, 0.1) is 19.8 Å². The van der Waals surface area contributed by atoms with Gasteiger partial charge in [-0.25, -0.2) is 0 Å². The van der Waals surface area contributed by atoms with E-state index in [9.17, 15) is 5.11 Å². The van der Waals surface area contributed by atoms with Gasteiger partial charge in [0.15, 0.2) is 0 Å². The molecule has 2 aromatic rings. The number of nitrogens with two attached hydrogens (primary N) is 1. The Hall–Kier alpha value is -1.68. The molecule has 0 radical (unpaired) electrons. The van der Waals surface area contributed by atoms with Gasteiger partial charge in [-0.15, -0.1) is 0 Å². The summed E-state index contributed by atoms with van der Waals surface area (Å²) < 4.78 is 5.98. The standard InChI is InChI=1S/C24H31NO2/c25-24(17-26)11-10-23(14-24)22-9-8-20-12-19(6-7-21(20)13-22)16-27-15-18-4-2-1-3-5-18/h1-5,8-9,13,19,23,26H,6-7,10-12,14-17,25H2/t19-,23+,24-/m1/s1. The Morgan fingerprint density at radius 3 is 2.70 bits per heavy atom. The van der Waals surface area contributed by atoms with Crippen LogP contribution in [0.3, 0.4) is 0 Å². The Balaban J connectivity index is 1.33. The van der Waals surface area contributed by atoms with E-state index in [4.69, 9.17) is 10.5 Å². The van der Waals surface area contributed by atoms with Crippen LogP contribution in [0, 0.1) is 5.92 Å². The van der Waals surface area contributed by atoms with Gasteiger partial charge in [0.25, 0.3) is 0 Å². The lowest BCUT2D eigenvalue weighted by Crippen LogP contribution is -2.40. The number of aryl methyl sites for hydroxylation is 1. The zero-order valence-corrected chi connectivity index (χ0v) is 16.1. The third kappa shape index (κ3) is 4.43. The minimum absolute atomic E-state index is 0.0963. The Kier molecular flexibility index (Phi) is 5.63. The monoisotopic (exact) mass is 365 g/mol. The van der Waals surface area contributed by atoms with Crippen LogP contribution >= 0.6 is 0 Å². The van der Waals surface area contributed by atoms with E-state index in [-0.39, 0.29) is 12.1 Å². The van der Waals surface area contributed by atoms with Gasteiger partial charge >= 0.3 is 0 Å². The number of aliphatic hydroxyl groups is 1. The average molecular weight is 366 g/mol. The molecular formula is C24H31NO2. The maximum atomic E-state index is 9.52. The Labute approximate surface area is 162 Å². The maximum absolute atomic E-state index is 9.52. The highest BCUT2D eigenvalue weighted by molar-refractivity contribution is 5.36. The fourth-order valence-electron chi connectivity index (χ4n) is 4.75. The van der Waals surface area contributed by atoms with Crippen LogP contribution in [0.15, 0.2) is 48.5 Å². The molecule has 0 saturated heterocycles. The third-order valence-electron chi connectivity index (χ3n) is 6.46. The molecule has 3 nitrogen and oxygen atoms in total. The second-order valence-corrected chi connectivity index (χ2v) is 8.60. The van der Waals surface area contributed by atoms with Crippen molar-refractivity contribution in [3.8, 4) is 0 Å². The molecule has 0 spiro atoms. The highest BCUT2D eigenvalue weighted by Crippen LogP contribution is 2.40. The molecule has 0 amide bonds. The molecule has 3 heteroatoms. The van der Waals surface area contributed by atoms with Gasteiger partial charge in [-0.05, 0) is 72.6 Å². The second kappa shape index (κ2) is 8.14. The van der Waals surface area contributed by atoms with Crippen LogP contribution < -0.4 is 5.73 Å². The summed E-state index contributed by atoms with van der Waals surface area (Å²) >= 11 is 0. The highest BCUT2D eigenvalue weighted by Gasteiger charge is 2.36. The van der Waals surface area contributed by atoms with E-state index in [0.717, 1.165) is 38.7 Å². The SMILES string of the molecule is N[C@]1(CO)CC[C@H](c2ccc3c(c2)CC[C@@H](COCc2ccccc2)C3)C1. The lowest BCUT2D eigenvalue weighted by molar-refractivity contribution is 0.0823. The lowest BCUT2D eigenvalue weighted by Gasteiger charge is -2.26. The zero-order valence-electron chi connectivity index (χ0n) is 16.1. The first kappa shape index (κ1) is 18.7. The zero-order chi connectivity index (χ0) is 18.7. The molecule has 0 aromatic heterocycles. The summed E-state index contributed by atoms with van der Waals surface area (Å²) in [5.41, 5.74) is 11.5. The Bertz CT molecular complexity index is 760. The molecule has 0 unspecified atom stereocenters. The Morgan fingerprint density at radius 2 is 1.93 bits per heavy atom. The predicted molar refractivity (Wildman–Crippen MR) is 109 cm³/mol. The topological polar surface area (TPSA) is 55.5 Å².